The van der Waals surface area contributed by atoms with Crippen molar-refractivity contribution < 1.29 is 4.79 Å². The van der Waals surface area contributed by atoms with E-state index in [-0.39, 0.29) is 4.48 Å². The molecule has 0 aromatic heterocycles. The van der Waals surface area contributed by atoms with Crippen LogP contribution in [0.5, 0.6) is 0 Å². The molecule has 0 N–H and O–H groups in total. The van der Waals surface area contributed by atoms with Gasteiger partial charge in [0.05, 0.1) is 7.05 Å². The quantitative estimate of drug-likeness (QED) is 0.536. The van der Waals surface area contributed by atoms with E-state index in [1.807, 2.05) is 30.3 Å². The summed E-state index contributed by atoms with van der Waals surface area (Å²) in [5.74, 6) is 0.462. The molecule has 1 aliphatic heterocycles. The third-order valence-electron chi connectivity index (χ3n) is 2.47. The monoisotopic (exact) mass is 214 g/mol. The Morgan fingerprint density at radius 2 is 2.06 bits per heavy atom. The van der Waals surface area contributed by atoms with Gasteiger partial charge in [-0.3, -0.25) is 0 Å². The average Bonchev–Trinajstić information content (AvgIpc) is 2.40. The number of guanidine groups is 1. The van der Waals surface area contributed by atoms with Gasteiger partial charge in [0.2, 0.25) is 0 Å². The summed E-state index contributed by atoms with van der Waals surface area (Å²) in [6.07, 6.45) is 5.81. The van der Waals surface area contributed by atoms with Crippen molar-refractivity contribution in [3.05, 3.63) is 42.6 Å². The zero-order valence-corrected chi connectivity index (χ0v) is 8.95. The predicted octanol–water partition coefficient (Wildman–Crippen LogP) is 1.07. The number of aliphatic imine (C=N–C) groups is 2. The summed E-state index contributed by atoms with van der Waals surface area (Å²) < 4.78 is -0.0539. The second-order valence-electron chi connectivity index (χ2n) is 3.57. The lowest BCUT2D eigenvalue weighted by atomic mass is 10.2. The van der Waals surface area contributed by atoms with Crippen molar-refractivity contribution in [1.29, 1.82) is 0 Å². The Hall–Kier alpha value is -2.07. The molecule has 0 spiro atoms. The molecule has 1 amide bonds. The van der Waals surface area contributed by atoms with Gasteiger partial charge in [0.15, 0.2) is 5.69 Å². The summed E-state index contributed by atoms with van der Waals surface area (Å²) in [4.78, 5) is 19.6. The van der Waals surface area contributed by atoms with Gasteiger partial charge in [-0.15, -0.1) is 4.48 Å². The standard InChI is InChI=1S/C12H12N3O/c1-15(10-16,11-6-3-2-4-7-11)12-13-8-5-9-14-12/h2-10H,1H3/q+2. The number of carbonyl (C=O) groups is 1. The van der Waals surface area contributed by atoms with Crippen LogP contribution in [0.4, 0.5) is 5.69 Å². The number of para-hydroxylation sites is 1. The zero-order chi connectivity index (χ0) is 11.4. The van der Waals surface area contributed by atoms with Gasteiger partial charge in [-0.2, -0.15) is 0 Å². The average molecular weight is 214 g/mol. The molecule has 0 saturated carbocycles. The highest BCUT2D eigenvalue weighted by molar-refractivity contribution is 6.05. The summed E-state index contributed by atoms with van der Waals surface area (Å²) in [5.41, 5.74) is 0.837. The van der Waals surface area contributed by atoms with Crippen LogP contribution in [-0.4, -0.2) is 25.6 Å². The molecule has 79 valence electrons. The lowest BCUT2D eigenvalue weighted by molar-refractivity contribution is -0.113. The minimum Gasteiger partial charge on any atom is -0.233 e. The summed E-state index contributed by atoms with van der Waals surface area (Å²) in [6, 6.07) is 9.44. The smallest absolute Gasteiger partial charge is 0.233 e. The summed E-state index contributed by atoms with van der Waals surface area (Å²) in [6.45, 7) is 0. The topological polar surface area (TPSA) is 43.5 Å². The lowest BCUT2D eigenvalue weighted by Gasteiger charge is -2.18. The maximum absolute atomic E-state index is 11.3. The van der Waals surface area contributed by atoms with E-state index in [4.69, 9.17) is 0 Å². The molecule has 1 aliphatic rings. The number of nitrogens with zero attached hydrogens (tertiary/aromatic N) is 3. The molecule has 4 heteroatoms. The first-order chi connectivity index (χ1) is 7.77. The first kappa shape index (κ1) is 10.4. The van der Waals surface area contributed by atoms with Crippen molar-refractivity contribution in [2.75, 3.05) is 7.05 Å². The van der Waals surface area contributed by atoms with E-state index in [1.165, 1.54) is 0 Å². The Kier molecular flexibility index (Phi) is 2.74. The van der Waals surface area contributed by atoms with E-state index < -0.39 is 0 Å². The molecular formula is C12H12N3O+2. The van der Waals surface area contributed by atoms with Crippen molar-refractivity contribution >= 4 is 24.3 Å². The second-order valence-corrected chi connectivity index (χ2v) is 3.57. The van der Waals surface area contributed by atoms with E-state index in [2.05, 4.69) is 9.98 Å². The maximum Gasteiger partial charge on any atom is 0.550 e. The minimum absolute atomic E-state index is 0.0539. The minimum atomic E-state index is -0.0539. The molecule has 2 rings (SSSR count). The Balaban J connectivity index is 2.48. The predicted molar refractivity (Wildman–Crippen MR) is 65.0 cm³/mol. The van der Waals surface area contributed by atoms with Gasteiger partial charge in [0.1, 0.15) is 12.4 Å². The van der Waals surface area contributed by atoms with Crippen molar-refractivity contribution in [1.82, 2.24) is 9.48 Å². The molecule has 0 fully saturated rings. The fourth-order valence-corrected chi connectivity index (χ4v) is 1.49. The van der Waals surface area contributed by atoms with Gasteiger partial charge in [0.25, 0.3) is 0 Å². The number of benzene rings is 1. The third-order valence-corrected chi connectivity index (χ3v) is 2.47. The van der Waals surface area contributed by atoms with Crippen LogP contribution in [-0.2, 0) is 4.79 Å². The Bertz CT molecular complexity index is 476. The van der Waals surface area contributed by atoms with Gasteiger partial charge >= 0.3 is 12.4 Å². The third kappa shape index (κ3) is 1.70. The van der Waals surface area contributed by atoms with Crippen molar-refractivity contribution in [2.24, 2.45) is 4.99 Å². The van der Waals surface area contributed by atoms with Crippen LogP contribution in [0.15, 0.2) is 47.6 Å². The Morgan fingerprint density at radius 1 is 1.31 bits per heavy atom. The fourth-order valence-electron chi connectivity index (χ4n) is 1.49. The highest BCUT2D eigenvalue weighted by atomic mass is 16.1. The number of carbonyl (C=O) groups excluding carboxylic acids is 1. The summed E-state index contributed by atoms with van der Waals surface area (Å²) >= 11 is 0. The highest BCUT2D eigenvalue weighted by Crippen LogP contribution is 2.19. The largest absolute Gasteiger partial charge is 0.550 e. The number of quaternary nitrogens is 1. The molecule has 1 unspecified atom stereocenters. The van der Waals surface area contributed by atoms with Crippen LogP contribution < -0.4 is 9.48 Å². The van der Waals surface area contributed by atoms with Crippen molar-refractivity contribution in [3.8, 4) is 0 Å². The van der Waals surface area contributed by atoms with Crippen LogP contribution >= 0.6 is 0 Å². The number of hydrogen-bond acceptors (Lipinski definition) is 3. The van der Waals surface area contributed by atoms with Crippen LogP contribution in [0.2, 0.25) is 0 Å². The zero-order valence-electron chi connectivity index (χ0n) is 8.95. The molecule has 1 atom stereocenters. The van der Waals surface area contributed by atoms with E-state index in [1.54, 1.807) is 25.5 Å². The number of amides is 1. The van der Waals surface area contributed by atoms with Crippen molar-refractivity contribution in [3.63, 3.8) is 0 Å². The lowest BCUT2D eigenvalue weighted by Crippen LogP contribution is -2.51. The first-order valence-corrected chi connectivity index (χ1v) is 4.93. The second kappa shape index (κ2) is 4.20. The van der Waals surface area contributed by atoms with E-state index >= 15 is 0 Å². The molecule has 1 aromatic rings. The Labute approximate surface area is 93.8 Å². The summed E-state index contributed by atoms with van der Waals surface area (Å²) in [7, 11) is 1.76. The van der Waals surface area contributed by atoms with Gasteiger partial charge in [-0.05, 0) is 0 Å². The van der Waals surface area contributed by atoms with E-state index in [9.17, 15) is 4.79 Å². The number of allylic oxidation sites excluding steroid dienone is 1. The SMILES string of the molecule is C[N+](C=O)(C1=NC=CC=[N+]1)c1ccccc1. The van der Waals surface area contributed by atoms with Gasteiger partial charge < -0.3 is 0 Å². The van der Waals surface area contributed by atoms with Crippen LogP contribution in [0, 0.1) is 0 Å². The van der Waals surface area contributed by atoms with Crippen molar-refractivity contribution in [2.45, 2.75) is 0 Å². The van der Waals surface area contributed by atoms with Gasteiger partial charge in [-0.25, -0.2) is 4.79 Å². The molecule has 1 heterocycles. The normalized spacial score (nSPS) is 17.7. The van der Waals surface area contributed by atoms with Gasteiger partial charge in [0, 0.05) is 28.2 Å². The molecule has 1 aromatic carbocycles. The molecule has 0 aliphatic carbocycles. The van der Waals surface area contributed by atoms with E-state index in [0.29, 0.717) is 5.96 Å². The number of hydrogen-bond donors (Lipinski definition) is 0. The van der Waals surface area contributed by atoms with Gasteiger partial charge in [-0.1, -0.05) is 18.2 Å². The van der Waals surface area contributed by atoms with Crippen LogP contribution in [0.25, 0.3) is 0 Å². The summed E-state index contributed by atoms with van der Waals surface area (Å²) in [5, 5.41) is 0. The number of rotatable bonds is 2. The fraction of sp³-hybridized carbons (Fsp3) is 0.0833. The van der Waals surface area contributed by atoms with Crippen LogP contribution in [0.1, 0.15) is 0 Å². The molecule has 1 radical (unpaired) electrons. The molecule has 0 bridgehead atoms. The highest BCUT2D eigenvalue weighted by Gasteiger charge is 2.40. The Morgan fingerprint density at radius 3 is 2.62 bits per heavy atom. The molecule has 0 saturated heterocycles. The molecular weight excluding hydrogens is 202 g/mol. The van der Waals surface area contributed by atoms with Crippen LogP contribution in [0.3, 0.4) is 0 Å². The first-order valence-electron chi connectivity index (χ1n) is 4.93. The molecule has 4 nitrogen and oxygen atoms in total. The van der Waals surface area contributed by atoms with E-state index in [0.717, 1.165) is 12.1 Å². The maximum atomic E-state index is 11.3. The molecule has 16 heavy (non-hydrogen) atoms.